The molecule has 0 aromatic heterocycles. The zero-order chi connectivity index (χ0) is 30.3. The van der Waals surface area contributed by atoms with Gasteiger partial charge in [0.2, 0.25) is 5.91 Å². The lowest BCUT2D eigenvalue weighted by molar-refractivity contribution is -0.134. The van der Waals surface area contributed by atoms with E-state index in [9.17, 15) is 4.79 Å². The molecule has 8 heteroatoms. The highest BCUT2D eigenvalue weighted by atomic mass is 28.4. The van der Waals surface area contributed by atoms with E-state index in [1.54, 1.807) is 0 Å². The first kappa shape index (κ1) is 33.7. The molecule has 0 radical (unpaired) electrons. The number of rotatable bonds is 11. The molecule has 3 rings (SSSR count). The first-order chi connectivity index (χ1) is 18.3. The van der Waals surface area contributed by atoms with Crippen LogP contribution >= 0.6 is 0 Å². The minimum atomic E-state index is -2.21. The number of nitrogens with zero attached hydrogens (tertiary/aromatic N) is 1. The number of hydrogen-bond acceptors (Lipinski definition) is 4. The van der Waals surface area contributed by atoms with E-state index in [1.165, 1.54) is 0 Å². The van der Waals surface area contributed by atoms with Crippen molar-refractivity contribution in [2.75, 3.05) is 0 Å². The number of fused-ring (bicyclic) bond motifs is 2. The second kappa shape index (κ2) is 12.1. The van der Waals surface area contributed by atoms with Gasteiger partial charge in [-0.1, -0.05) is 92.6 Å². The van der Waals surface area contributed by atoms with Gasteiger partial charge >= 0.3 is 0 Å². The standard InChI is InChI=1S/C32H59NO4Si3/c1-14-40(15-2,16-3)37-29-27(35-38(10,11)31(4,5)6)25-22-26(28(29)36-39(12,13)32(7,8)9)33(30(25)34)23-24-20-18-17-19-21-24/h17-21,25-29H,14-16,22-23H2,1-13H3/t25-,26+,27-,28+,29-/m1/s1. The first-order valence-corrected chi connectivity index (χ1v) is 24.1. The van der Waals surface area contributed by atoms with Gasteiger partial charge in [-0.15, -0.1) is 0 Å². The van der Waals surface area contributed by atoms with Crippen molar-refractivity contribution >= 4 is 30.9 Å². The number of carbonyl (C=O) groups is 1. The van der Waals surface area contributed by atoms with Crippen LogP contribution in [0.1, 0.15) is 74.3 Å². The van der Waals surface area contributed by atoms with Gasteiger partial charge in [0.15, 0.2) is 25.0 Å². The van der Waals surface area contributed by atoms with Crippen LogP contribution in [0.3, 0.4) is 0 Å². The van der Waals surface area contributed by atoms with Crippen molar-refractivity contribution in [1.82, 2.24) is 4.90 Å². The molecule has 2 fully saturated rings. The monoisotopic (exact) mass is 605 g/mol. The van der Waals surface area contributed by atoms with Gasteiger partial charge in [0.1, 0.15) is 0 Å². The zero-order valence-electron chi connectivity index (χ0n) is 27.9. The number of hydrogen-bond donors (Lipinski definition) is 0. The molecule has 40 heavy (non-hydrogen) atoms. The van der Waals surface area contributed by atoms with Crippen molar-refractivity contribution in [3.63, 3.8) is 0 Å². The fraction of sp³-hybridized carbons (Fsp3) is 0.781. The Hall–Kier alpha value is -0.779. The summed E-state index contributed by atoms with van der Waals surface area (Å²) in [6.45, 7) is 30.5. The van der Waals surface area contributed by atoms with Gasteiger partial charge in [0.25, 0.3) is 0 Å². The van der Waals surface area contributed by atoms with Crippen LogP contribution in [0.25, 0.3) is 0 Å². The molecule has 0 spiro atoms. The predicted octanol–water partition coefficient (Wildman–Crippen LogP) is 8.59. The summed E-state index contributed by atoms with van der Waals surface area (Å²) < 4.78 is 22.1. The molecule has 2 bridgehead atoms. The van der Waals surface area contributed by atoms with Crippen LogP contribution in [0.5, 0.6) is 0 Å². The molecule has 0 unspecified atom stereocenters. The van der Waals surface area contributed by atoms with Crippen molar-refractivity contribution in [2.45, 2.75) is 154 Å². The first-order valence-electron chi connectivity index (χ1n) is 15.7. The summed E-state index contributed by atoms with van der Waals surface area (Å²) in [5, 5.41) is 0.0796. The second-order valence-electron chi connectivity index (χ2n) is 15.4. The van der Waals surface area contributed by atoms with E-state index >= 15 is 0 Å². The fourth-order valence-electron chi connectivity index (χ4n) is 5.81. The minimum absolute atomic E-state index is 0.00614. The van der Waals surface area contributed by atoms with Crippen LogP contribution in [-0.2, 0) is 24.6 Å². The summed E-state index contributed by atoms with van der Waals surface area (Å²) in [6.07, 6.45) is 0.0711. The molecule has 1 aliphatic carbocycles. The molecule has 1 aromatic carbocycles. The lowest BCUT2D eigenvalue weighted by Gasteiger charge is -2.52. The molecule has 1 amide bonds. The van der Waals surface area contributed by atoms with E-state index in [2.05, 4.69) is 118 Å². The predicted molar refractivity (Wildman–Crippen MR) is 175 cm³/mol. The summed E-state index contributed by atoms with van der Waals surface area (Å²) in [5.74, 6) is 0.0219. The average molecular weight is 606 g/mol. The van der Waals surface area contributed by atoms with Gasteiger partial charge < -0.3 is 18.2 Å². The maximum atomic E-state index is 14.3. The summed E-state index contributed by atoms with van der Waals surface area (Å²) in [5.41, 5.74) is 1.16. The Kier molecular flexibility index (Phi) is 10.2. The normalized spacial score (nSPS) is 26.5. The highest BCUT2D eigenvalue weighted by molar-refractivity contribution is 6.75. The van der Waals surface area contributed by atoms with Gasteiger partial charge in [-0.3, -0.25) is 4.79 Å². The van der Waals surface area contributed by atoms with E-state index in [0.717, 1.165) is 30.1 Å². The average Bonchev–Trinajstić information content (AvgIpc) is 3.14. The largest absolute Gasteiger partial charge is 0.410 e. The summed E-state index contributed by atoms with van der Waals surface area (Å²) >= 11 is 0. The lowest BCUT2D eigenvalue weighted by Crippen LogP contribution is -2.64. The van der Waals surface area contributed by atoms with Crippen LogP contribution in [0.15, 0.2) is 30.3 Å². The molecule has 5 nitrogen and oxygen atoms in total. The van der Waals surface area contributed by atoms with Gasteiger partial charge in [-0.05, 0) is 66.4 Å². The van der Waals surface area contributed by atoms with E-state index in [1.807, 2.05) is 6.07 Å². The Balaban J connectivity index is 2.18. The van der Waals surface area contributed by atoms with Gasteiger partial charge in [-0.25, -0.2) is 0 Å². The zero-order valence-corrected chi connectivity index (χ0v) is 30.9. The fourth-order valence-corrected chi connectivity index (χ4v) is 11.3. The van der Waals surface area contributed by atoms with E-state index in [-0.39, 0.29) is 46.3 Å². The smallest absolute Gasteiger partial charge is 0.229 e. The molecule has 2 aliphatic rings. The molecule has 5 atom stereocenters. The Bertz CT molecular complexity index is 989. The van der Waals surface area contributed by atoms with Crippen molar-refractivity contribution in [3.05, 3.63) is 35.9 Å². The van der Waals surface area contributed by atoms with Gasteiger partial charge in [0.05, 0.1) is 30.3 Å². The Morgan fingerprint density at radius 2 is 1.23 bits per heavy atom. The maximum absolute atomic E-state index is 14.3. The number of likely N-dealkylation sites (tertiary alicyclic amines) is 1. The minimum Gasteiger partial charge on any atom is -0.410 e. The highest BCUT2D eigenvalue weighted by Crippen LogP contribution is 2.49. The Labute approximate surface area is 249 Å². The molecule has 0 N–H and O–H groups in total. The Morgan fingerprint density at radius 1 is 0.750 bits per heavy atom. The van der Waals surface area contributed by atoms with E-state index in [4.69, 9.17) is 13.3 Å². The van der Waals surface area contributed by atoms with Crippen LogP contribution in [0, 0.1) is 5.92 Å². The van der Waals surface area contributed by atoms with Gasteiger partial charge in [0, 0.05) is 6.54 Å². The molecular weight excluding hydrogens is 547 g/mol. The Morgan fingerprint density at radius 3 is 1.68 bits per heavy atom. The third kappa shape index (κ3) is 6.72. The molecule has 228 valence electrons. The molecule has 1 saturated heterocycles. The van der Waals surface area contributed by atoms with Crippen LogP contribution in [-0.4, -0.2) is 60.1 Å². The summed E-state index contributed by atoms with van der Waals surface area (Å²) in [7, 11) is -6.44. The van der Waals surface area contributed by atoms with Crippen molar-refractivity contribution in [2.24, 2.45) is 5.92 Å². The maximum Gasteiger partial charge on any atom is 0.229 e. The highest BCUT2D eigenvalue weighted by Gasteiger charge is 2.61. The van der Waals surface area contributed by atoms with E-state index < -0.39 is 25.0 Å². The molecule has 1 heterocycles. The molecule has 1 aromatic rings. The van der Waals surface area contributed by atoms with Crippen molar-refractivity contribution in [1.29, 1.82) is 0 Å². The lowest BCUT2D eigenvalue weighted by atomic mass is 9.83. The van der Waals surface area contributed by atoms with Crippen molar-refractivity contribution < 1.29 is 18.1 Å². The van der Waals surface area contributed by atoms with Crippen LogP contribution in [0.4, 0.5) is 0 Å². The van der Waals surface area contributed by atoms with Gasteiger partial charge in [-0.2, -0.15) is 0 Å². The summed E-state index contributed by atoms with van der Waals surface area (Å²) in [4.78, 5) is 16.5. The molecule has 1 saturated carbocycles. The third-order valence-electron chi connectivity index (χ3n) is 10.9. The van der Waals surface area contributed by atoms with Crippen molar-refractivity contribution in [3.8, 4) is 0 Å². The van der Waals surface area contributed by atoms with Crippen LogP contribution in [0.2, 0.25) is 54.4 Å². The second-order valence-corrected chi connectivity index (χ2v) is 29.6. The summed E-state index contributed by atoms with van der Waals surface area (Å²) in [6, 6.07) is 13.6. The topological polar surface area (TPSA) is 48.0 Å². The SMILES string of the molecule is CC[Si](CC)(CC)O[C@H]1[C@@H](O[Si](C)(C)C(C)(C)C)[C@@H]2C[C@@H](C(=O)N2Cc2ccccc2)[C@H]1O[Si](C)(C)C(C)(C)C. The third-order valence-corrected chi connectivity index (χ3v) is 24.5. The van der Waals surface area contributed by atoms with E-state index in [0.29, 0.717) is 6.54 Å². The number of benzene rings is 1. The number of carbonyl (C=O) groups excluding carboxylic acids is 1. The van der Waals surface area contributed by atoms with Crippen LogP contribution < -0.4 is 0 Å². The molecular formula is C32H59NO4Si3. The quantitative estimate of drug-likeness (QED) is 0.237. The molecule has 1 aliphatic heterocycles. The number of amides is 1.